The zero-order chi connectivity index (χ0) is 26.2. The fraction of sp³-hybridized carbons (Fsp3) is 0.138. The van der Waals surface area contributed by atoms with Crippen LogP contribution in [0.5, 0.6) is 0 Å². The second-order valence-electron chi connectivity index (χ2n) is 9.38. The van der Waals surface area contributed by atoms with Gasteiger partial charge in [0.15, 0.2) is 5.65 Å². The summed E-state index contributed by atoms with van der Waals surface area (Å²) in [4.78, 5) is 37.5. The number of hydrogen-bond donors (Lipinski definition) is 1. The number of carbonyl (C=O) groups excluding carboxylic acids is 2. The van der Waals surface area contributed by atoms with Crippen molar-refractivity contribution >= 4 is 29.1 Å². The summed E-state index contributed by atoms with van der Waals surface area (Å²) in [6.07, 6.45) is 3.58. The Hall–Kier alpha value is -5.05. The van der Waals surface area contributed by atoms with Gasteiger partial charge in [-0.2, -0.15) is 4.98 Å². The second kappa shape index (κ2) is 9.44. The van der Waals surface area contributed by atoms with Crippen molar-refractivity contribution in [1.82, 2.24) is 29.4 Å². The van der Waals surface area contributed by atoms with Gasteiger partial charge in [-0.05, 0) is 65.7 Å². The lowest BCUT2D eigenvalue weighted by atomic mass is 10.0. The smallest absolute Gasteiger partial charge is 0.254 e. The fourth-order valence-corrected chi connectivity index (χ4v) is 4.64. The number of benzene rings is 2. The van der Waals surface area contributed by atoms with Crippen LogP contribution in [0.15, 0.2) is 85.2 Å². The van der Waals surface area contributed by atoms with Gasteiger partial charge in [0.25, 0.3) is 11.8 Å². The highest BCUT2D eigenvalue weighted by Crippen LogP contribution is 2.29. The Bertz CT molecular complexity index is 1660. The Balaban J connectivity index is 1.23. The van der Waals surface area contributed by atoms with Crippen LogP contribution < -0.4 is 5.32 Å². The van der Waals surface area contributed by atoms with Crippen LogP contribution in [-0.4, -0.2) is 55.3 Å². The van der Waals surface area contributed by atoms with E-state index >= 15 is 0 Å². The van der Waals surface area contributed by atoms with Crippen LogP contribution in [0.1, 0.15) is 32.0 Å². The van der Waals surface area contributed by atoms with Crippen LogP contribution in [0.3, 0.4) is 0 Å². The summed E-state index contributed by atoms with van der Waals surface area (Å²) in [6, 6.07) is 22.8. The van der Waals surface area contributed by atoms with Gasteiger partial charge in [-0.25, -0.2) is 4.52 Å². The van der Waals surface area contributed by atoms with E-state index in [0.29, 0.717) is 35.8 Å². The molecule has 0 saturated heterocycles. The number of nitrogens with zero attached hydrogens (tertiary/aromatic N) is 6. The molecule has 4 heterocycles. The zero-order valence-electron chi connectivity index (χ0n) is 21.0. The molecule has 9 heteroatoms. The largest absolute Gasteiger partial charge is 0.345 e. The number of fused-ring (bicyclic) bond motifs is 2. The zero-order valence-corrected chi connectivity index (χ0v) is 21.0. The van der Waals surface area contributed by atoms with Gasteiger partial charge in [0, 0.05) is 55.4 Å². The first kappa shape index (κ1) is 23.4. The minimum Gasteiger partial charge on any atom is -0.345 e. The van der Waals surface area contributed by atoms with Gasteiger partial charge in [0.1, 0.15) is 0 Å². The van der Waals surface area contributed by atoms with Crippen LogP contribution >= 0.6 is 0 Å². The number of carbonyl (C=O) groups is 2. The van der Waals surface area contributed by atoms with E-state index < -0.39 is 0 Å². The molecule has 0 bridgehead atoms. The number of anilines is 2. The van der Waals surface area contributed by atoms with Gasteiger partial charge >= 0.3 is 0 Å². The summed E-state index contributed by atoms with van der Waals surface area (Å²) in [5.41, 5.74) is 6.48. The summed E-state index contributed by atoms with van der Waals surface area (Å²) in [6.45, 7) is 0.994. The predicted octanol–water partition coefficient (Wildman–Crippen LogP) is 4.39. The molecule has 1 N–H and O–H groups in total. The number of nitrogens with one attached hydrogen (secondary N) is 1. The van der Waals surface area contributed by atoms with E-state index in [1.54, 1.807) is 34.6 Å². The van der Waals surface area contributed by atoms with Crippen molar-refractivity contribution in [2.24, 2.45) is 0 Å². The highest BCUT2D eigenvalue weighted by Gasteiger charge is 2.27. The standard InChI is InChI=1S/C29H25N7O2/c1-34(2)27(37)20-10-8-19(9-11-20)24-7-5-15-36-26(24)32-29(33-36)31-22-12-13-25-21(16-22)17-35(28(25)38)18-23-6-3-4-14-30-23/h3-16H,17-18H2,1-2H3,(H,31,33). The van der Waals surface area contributed by atoms with Gasteiger partial charge in [-0.1, -0.05) is 18.2 Å². The Morgan fingerprint density at radius 3 is 2.61 bits per heavy atom. The Morgan fingerprint density at radius 1 is 1.00 bits per heavy atom. The van der Waals surface area contributed by atoms with Gasteiger partial charge in [0.05, 0.1) is 12.2 Å². The average Bonchev–Trinajstić information content (AvgIpc) is 3.48. The molecule has 0 radical (unpaired) electrons. The van der Waals surface area contributed by atoms with Crippen molar-refractivity contribution in [2.75, 3.05) is 19.4 Å². The minimum absolute atomic E-state index is 0.00556. The third-order valence-electron chi connectivity index (χ3n) is 6.53. The predicted molar refractivity (Wildman–Crippen MR) is 144 cm³/mol. The number of amides is 2. The van der Waals surface area contributed by atoms with Crippen molar-refractivity contribution in [2.45, 2.75) is 13.1 Å². The van der Waals surface area contributed by atoms with Crippen molar-refractivity contribution in [1.29, 1.82) is 0 Å². The van der Waals surface area contributed by atoms with Gasteiger partial charge < -0.3 is 15.1 Å². The lowest BCUT2D eigenvalue weighted by molar-refractivity contribution is 0.0764. The maximum atomic E-state index is 12.9. The lowest BCUT2D eigenvalue weighted by Crippen LogP contribution is -2.23. The molecule has 38 heavy (non-hydrogen) atoms. The first-order chi connectivity index (χ1) is 18.5. The van der Waals surface area contributed by atoms with E-state index in [1.165, 1.54) is 0 Å². The Labute approximate surface area is 219 Å². The molecule has 188 valence electrons. The van der Waals surface area contributed by atoms with Crippen LogP contribution in [0.4, 0.5) is 11.6 Å². The van der Waals surface area contributed by atoms with Crippen molar-refractivity contribution in [3.8, 4) is 11.1 Å². The minimum atomic E-state index is -0.0420. The molecule has 3 aromatic heterocycles. The molecular formula is C29H25N7O2. The molecule has 0 spiro atoms. The van der Waals surface area contributed by atoms with Crippen LogP contribution in [0.25, 0.3) is 16.8 Å². The van der Waals surface area contributed by atoms with E-state index in [-0.39, 0.29) is 11.8 Å². The summed E-state index contributed by atoms with van der Waals surface area (Å²) < 4.78 is 1.72. The maximum Gasteiger partial charge on any atom is 0.254 e. The third kappa shape index (κ3) is 4.34. The fourth-order valence-electron chi connectivity index (χ4n) is 4.64. The second-order valence-corrected chi connectivity index (χ2v) is 9.38. The van der Waals surface area contributed by atoms with Crippen molar-refractivity contribution in [3.05, 3.63) is 108 Å². The SMILES string of the molecule is CN(C)C(=O)c1ccc(-c2cccn3nc(Nc4ccc5c(c4)CN(Cc4ccccn4)C5=O)nc23)cc1. The Kier molecular flexibility index (Phi) is 5.80. The first-order valence-electron chi connectivity index (χ1n) is 12.2. The topological polar surface area (TPSA) is 95.7 Å². The van der Waals surface area contributed by atoms with Crippen LogP contribution in [0.2, 0.25) is 0 Å². The molecule has 1 aliphatic heterocycles. The van der Waals surface area contributed by atoms with E-state index in [4.69, 9.17) is 4.98 Å². The highest BCUT2D eigenvalue weighted by atomic mass is 16.2. The third-order valence-corrected chi connectivity index (χ3v) is 6.53. The van der Waals surface area contributed by atoms with Crippen molar-refractivity contribution in [3.63, 3.8) is 0 Å². The van der Waals surface area contributed by atoms with Crippen LogP contribution in [-0.2, 0) is 13.1 Å². The molecule has 2 aromatic carbocycles. The summed E-state index contributed by atoms with van der Waals surface area (Å²) in [5.74, 6) is 0.414. The summed E-state index contributed by atoms with van der Waals surface area (Å²) in [5, 5.41) is 7.87. The molecule has 2 amide bonds. The van der Waals surface area contributed by atoms with E-state index in [1.807, 2.05) is 79.0 Å². The van der Waals surface area contributed by atoms with E-state index in [9.17, 15) is 9.59 Å². The van der Waals surface area contributed by atoms with Gasteiger partial charge in [0.2, 0.25) is 5.95 Å². The molecular weight excluding hydrogens is 478 g/mol. The number of pyridine rings is 2. The van der Waals surface area contributed by atoms with Gasteiger partial charge in [-0.3, -0.25) is 14.6 Å². The van der Waals surface area contributed by atoms with E-state index in [0.717, 1.165) is 28.1 Å². The molecule has 0 atom stereocenters. The molecule has 0 aliphatic carbocycles. The number of hydrogen-bond acceptors (Lipinski definition) is 6. The lowest BCUT2D eigenvalue weighted by Gasteiger charge is -2.14. The number of aromatic nitrogens is 4. The van der Waals surface area contributed by atoms with E-state index in [2.05, 4.69) is 15.4 Å². The molecule has 1 aliphatic rings. The van der Waals surface area contributed by atoms with Crippen molar-refractivity contribution < 1.29 is 9.59 Å². The van der Waals surface area contributed by atoms with Gasteiger partial charge in [-0.15, -0.1) is 5.10 Å². The van der Waals surface area contributed by atoms with Crippen LogP contribution in [0, 0.1) is 0 Å². The molecule has 0 fully saturated rings. The number of rotatable bonds is 6. The molecule has 0 saturated carbocycles. The summed E-state index contributed by atoms with van der Waals surface area (Å²) in [7, 11) is 3.47. The quantitative estimate of drug-likeness (QED) is 0.369. The summed E-state index contributed by atoms with van der Waals surface area (Å²) >= 11 is 0. The maximum absolute atomic E-state index is 12.9. The normalized spacial score (nSPS) is 12.6. The molecule has 0 unspecified atom stereocenters. The molecule has 6 rings (SSSR count). The first-order valence-corrected chi connectivity index (χ1v) is 12.2. The highest BCUT2D eigenvalue weighted by molar-refractivity contribution is 5.99. The molecule has 5 aromatic rings. The monoisotopic (exact) mass is 503 g/mol. The average molecular weight is 504 g/mol. The Morgan fingerprint density at radius 2 is 1.84 bits per heavy atom. The molecule has 9 nitrogen and oxygen atoms in total.